The Labute approximate surface area is 177 Å². The Hall–Kier alpha value is -2.70. The standard InChI is InChI=1S/C22H20ClNO4S/c1-2-3-4-20(27)28-17-11-7-15(8-12-17)22-24-21(18(29-22)13-19(25)26)14-5-9-16(23)10-6-14/h5-12H,2-4,13H2,1H3,(H,25,26). The molecule has 0 atom stereocenters. The second kappa shape index (κ2) is 9.67. The van der Waals surface area contributed by atoms with E-state index in [1.165, 1.54) is 11.3 Å². The van der Waals surface area contributed by atoms with Gasteiger partial charge in [0, 0.05) is 27.4 Å². The molecule has 0 saturated heterocycles. The number of carbonyl (C=O) groups excluding carboxylic acids is 1. The number of aromatic nitrogens is 1. The quantitative estimate of drug-likeness (QED) is 0.359. The number of thiazole rings is 1. The van der Waals surface area contributed by atoms with Crippen molar-refractivity contribution >= 4 is 34.9 Å². The molecule has 0 aliphatic heterocycles. The monoisotopic (exact) mass is 429 g/mol. The predicted molar refractivity (Wildman–Crippen MR) is 114 cm³/mol. The summed E-state index contributed by atoms with van der Waals surface area (Å²) in [5.41, 5.74) is 2.28. The van der Waals surface area contributed by atoms with Gasteiger partial charge in [0.1, 0.15) is 10.8 Å². The van der Waals surface area contributed by atoms with Crippen LogP contribution in [0.2, 0.25) is 5.02 Å². The van der Waals surface area contributed by atoms with Gasteiger partial charge in [-0.05, 0) is 42.8 Å². The Morgan fingerprint density at radius 3 is 2.34 bits per heavy atom. The summed E-state index contributed by atoms with van der Waals surface area (Å²) < 4.78 is 5.32. The lowest BCUT2D eigenvalue weighted by Gasteiger charge is -2.04. The van der Waals surface area contributed by atoms with Gasteiger partial charge in [0.15, 0.2) is 0 Å². The van der Waals surface area contributed by atoms with Gasteiger partial charge in [-0.2, -0.15) is 0 Å². The third-order valence-corrected chi connectivity index (χ3v) is 5.55. The van der Waals surface area contributed by atoms with E-state index in [0.29, 0.717) is 32.8 Å². The van der Waals surface area contributed by atoms with Gasteiger partial charge in [0.2, 0.25) is 0 Å². The fourth-order valence-electron chi connectivity index (χ4n) is 2.73. The van der Waals surface area contributed by atoms with Crippen molar-refractivity contribution in [3.8, 4) is 27.6 Å². The first-order chi connectivity index (χ1) is 14.0. The highest BCUT2D eigenvalue weighted by molar-refractivity contribution is 7.15. The first-order valence-electron chi connectivity index (χ1n) is 9.25. The predicted octanol–water partition coefficient (Wildman–Crippen LogP) is 5.85. The molecule has 150 valence electrons. The van der Waals surface area contributed by atoms with Crippen LogP contribution in [-0.4, -0.2) is 22.0 Å². The molecule has 0 radical (unpaired) electrons. The normalized spacial score (nSPS) is 10.7. The summed E-state index contributed by atoms with van der Waals surface area (Å²) in [6, 6.07) is 14.2. The van der Waals surface area contributed by atoms with E-state index in [0.717, 1.165) is 24.0 Å². The molecule has 1 heterocycles. The Morgan fingerprint density at radius 1 is 1.07 bits per heavy atom. The summed E-state index contributed by atoms with van der Waals surface area (Å²) in [7, 11) is 0. The zero-order valence-electron chi connectivity index (χ0n) is 15.9. The highest BCUT2D eigenvalue weighted by Crippen LogP contribution is 2.35. The number of ether oxygens (including phenoxy) is 1. The molecule has 0 unspecified atom stereocenters. The molecule has 3 rings (SSSR count). The lowest BCUT2D eigenvalue weighted by atomic mass is 10.1. The average Bonchev–Trinajstić information content (AvgIpc) is 3.10. The Morgan fingerprint density at radius 2 is 1.72 bits per heavy atom. The first-order valence-corrected chi connectivity index (χ1v) is 10.4. The molecule has 0 spiro atoms. The van der Waals surface area contributed by atoms with E-state index >= 15 is 0 Å². The lowest BCUT2D eigenvalue weighted by Crippen LogP contribution is -2.07. The van der Waals surface area contributed by atoms with Gasteiger partial charge >= 0.3 is 11.9 Å². The van der Waals surface area contributed by atoms with Crippen LogP contribution in [0.3, 0.4) is 0 Å². The SMILES string of the molecule is CCCCC(=O)Oc1ccc(-c2nc(-c3ccc(Cl)cc3)c(CC(=O)O)s2)cc1. The van der Waals surface area contributed by atoms with Gasteiger partial charge in [0.25, 0.3) is 0 Å². The van der Waals surface area contributed by atoms with Crippen molar-refractivity contribution in [1.29, 1.82) is 0 Å². The number of halogens is 1. The summed E-state index contributed by atoms with van der Waals surface area (Å²) in [6.07, 6.45) is 2.03. The van der Waals surface area contributed by atoms with Crippen LogP contribution >= 0.6 is 22.9 Å². The molecule has 1 N–H and O–H groups in total. The maximum atomic E-state index is 11.8. The molecule has 0 amide bonds. The number of rotatable bonds is 8. The molecule has 0 aliphatic carbocycles. The minimum atomic E-state index is -0.912. The number of nitrogens with zero attached hydrogens (tertiary/aromatic N) is 1. The number of carbonyl (C=O) groups is 2. The number of unbranched alkanes of at least 4 members (excludes halogenated alkanes) is 1. The second-order valence-corrected chi connectivity index (χ2v) is 7.99. The average molecular weight is 430 g/mol. The van der Waals surface area contributed by atoms with Crippen LogP contribution in [-0.2, 0) is 16.0 Å². The van der Waals surface area contributed by atoms with Crippen LogP contribution in [0.15, 0.2) is 48.5 Å². The summed E-state index contributed by atoms with van der Waals surface area (Å²) >= 11 is 7.29. The molecular weight excluding hydrogens is 410 g/mol. The highest BCUT2D eigenvalue weighted by atomic mass is 35.5. The largest absolute Gasteiger partial charge is 0.481 e. The zero-order chi connectivity index (χ0) is 20.8. The third kappa shape index (κ3) is 5.65. The van der Waals surface area contributed by atoms with Gasteiger partial charge < -0.3 is 9.84 Å². The van der Waals surface area contributed by atoms with E-state index in [1.54, 1.807) is 24.3 Å². The van der Waals surface area contributed by atoms with Crippen molar-refractivity contribution in [3.63, 3.8) is 0 Å². The molecule has 2 aromatic carbocycles. The van der Waals surface area contributed by atoms with Crippen LogP contribution < -0.4 is 4.74 Å². The van der Waals surface area contributed by atoms with Crippen molar-refractivity contribution < 1.29 is 19.4 Å². The molecule has 3 aromatic rings. The van der Waals surface area contributed by atoms with E-state index in [4.69, 9.17) is 16.3 Å². The van der Waals surface area contributed by atoms with Crippen LogP contribution in [0.4, 0.5) is 0 Å². The number of carboxylic acid groups (broad SMARTS) is 1. The number of hydrogen-bond donors (Lipinski definition) is 1. The smallest absolute Gasteiger partial charge is 0.311 e. The van der Waals surface area contributed by atoms with Crippen molar-refractivity contribution in [2.45, 2.75) is 32.6 Å². The van der Waals surface area contributed by atoms with Crippen LogP contribution in [0, 0.1) is 0 Å². The van der Waals surface area contributed by atoms with E-state index in [-0.39, 0.29) is 12.4 Å². The molecule has 29 heavy (non-hydrogen) atoms. The third-order valence-electron chi connectivity index (χ3n) is 4.19. The van der Waals surface area contributed by atoms with Gasteiger partial charge in [-0.15, -0.1) is 11.3 Å². The molecule has 0 aliphatic rings. The molecule has 7 heteroatoms. The number of carboxylic acids is 1. The molecule has 1 aromatic heterocycles. The van der Waals surface area contributed by atoms with Crippen molar-refractivity contribution in [2.75, 3.05) is 0 Å². The summed E-state index contributed by atoms with van der Waals surface area (Å²) in [5, 5.41) is 10.6. The molecule has 0 bridgehead atoms. The number of hydrogen-bond acceptors (Lipinski definition) is 5. The highest BCUT2D eigenvalue weighted by Gasteiger charge is 2.17. The molecule has 0 saturated carbocycles. The number of esters is 1. The molecule has 0 fully saturated rings. The fraction of sp³-hybridized carbons (Fsp3) is 0.227. The van der Waals surface area contributed by atoms with Crippen molar-refractivity contribution in [3.05, 3.63) is 58.4 Å². The van der Waals surface area contributed by atoms with Crippen molar-refractivity contribution in [1.82, 2.24) is 4.98 Å². The maximum Gasteiger partial charge on any atom is 0.311 e. The minimum absolute atomic E-state index is 0.108. The Kier molecular flexibility index (Phi) is 7.01. The van der Waals surface area contributed by atoms with Crippen LogP contribution in [0.25, 0.3) is 21.8 Å². The summed E-state index contributed by atoms with van der Waals surface area (Å²) in [6.45, 7) is 2.02. The zero-order valence-corrected chi connectivity index (χ0v) is 17.4. The van der Waals surface area contributed by atoms with Crippen LogP contribution in [0.5, 0.6) is 5.75 Å². The molecular formula is C22H20ClNO4S. The maximum absolute atomic E-state index is 11.8. The fourth-order valence-corrected chi connectivity index (χ4v) is 3.94. The second-order valence-electron chi connectivity index (χ2n) is 6.47. The van der Waals surface area contributed by atoms with E-state index in [2.05, 4.69) is 4.98 Å². The van der Waals surface area contributed by atoms with E-state index in [9.17, 15) is 14.7 Å². The van der Waals surface area contributed by atoms with Gasteiger partial charge in [0.05, 0.1) is 12.1 Å². The Bertz CT molecular complexity index is 997. The molecule has 5 nitrogen and oxygen atoms in total. The topological polar surface area (TPSA) is 76.5 Å². The summed E-state index contributed by atoms with van der Waals surface area (Å²) in [4.78, 5) is 28.4. The first kappa shape index (κ1) is 21.0. The summed E-state index contributed by atoms with van der Waals surface area (Å²) in [5.74, 6) is -0.678. The lowest BCUT2D eigenvalue weighted by molar-refractivity contribution is -0.136. The van der Waals surface area contributed by atoms with Gasteiger partial charge in [-0.25, -0.2) is 4.98 Å². The van der Waals surface area contributed by atoms with Gasteiger partial charge in [-0.1, -0.05) is 37.1 Å². The van der Waals surface area contributed by atoms with Crippen molar-refractivity contribution in [2.24, 2.45) is 0 Å². The number of aliphatic carboxylic acids is 1. The van der Waals surface area contributed by atoms with E-state index < -0.39 is 5.97 Å². The van der Waals surface area contributed by atoms with E-state index in [1.807, 2.05) is 31.2 Å². The van der Waals surface area contributed by atoms with Gasteiger partial charge in [-0.3, -0.25) is 9.59 Å². The number of benzene rings is 2. The Balaban J connectivity index is 1.85. The van der Waals surface area contributed by atoms with Crippen LogP contribution in [0.1, 0.15) is 31.1 Å². The minimum Gasteiger partial charge on any atom is -0.481 e.